The number of halogens is 3. The second-order valence-corrected chi connectivity index (χ2v) is 7.81. The first-order valence-electron chi connectivity index (χ1n) is 10.0. The van der Waals surface area contributed by atoms with Crippen molar-refractivity contribution in [2.24, 2.45) is 5.92 Å². The third-order valence-electron chi connectivity index (χ3n) is 5.47. The van der Waals surface area contributed by atoms with E-state index >= 15 is 0 Å². The van der Waals surface area contributed by atoms with Gasteiger partial charge in [0, 0.05) is 32.2 Å². The molecular formula is C23H27F3N2O. The molecule has 1 amide bonds. The van der Waals surface area contributed by atoms with Gasteiger partial charge in [-0.2, -0.15) is 13.2 Å². The molecule has 1 atom stereocenters. The summed E-state index contributed by atoms with van der Waals surface area (Å²) < 4.78 is 38.6. The molecule has 3 nitrogen and oxygen atoms in total. The van der Waals surface area contributed by atoms with Gasteiger partial charge < -0.3 is 9.80 Å². The van der Waals surface area contributed by atoms with E-state index in [1.807, 2.05) is 37.4 Å². The van der Waals surface area contributed by atoms with Crippen LogP contribution in [0, 0.1) is 5.92 Å². The summed E-state index contributed by atoms with van der Waals surface area (Å²) in [5.74, 6) is 0.398. The summed E-state index contributed by atoms with van der Waals surface area (Å²) in [4.78, 5) is 16.6. The van der Waals surface area contributed by atoms with Crippen molar-refractivity contribution in [1.29, 1.82) is 0 Å². The highest BCUT2D eigenvalue weighted by molar-refractivity contribution is 5.93. The molecule has 6 heteroatoms. The molecular weight excluding hydrogens is 377 g/mol. The second kappa shape index (κ2) is 9.44. The maximum atomic E-state index is 12.9. The monoisotopic (exact) mass is 404 g/mol. The van der Waals surface area contributed by atoms with Crippen LogP contribution in [-0.2, 0) is 12.6 Å². The van der Waals surface area contributed by atoms with Crippen LogP contribution in [0.25, 0.3) is 0 Å². The summed E-state index contributed by atoms with van der Waals surface area (Å²) in [5.41, 5.74) is 0.804. The first-order chi connectivity index (χ1) is 13.8. The highest BCUT2D eigenvalue weighted by Crippen LogP contribution is 2.29. The third kappa shape index (κ3) is 6.07. The fraction of sp³-hybridized carbons (Fsp3) is 0.435. The average molecular weight is 404 g/mol. The zero-order valence-electron chi connectivity index (χ0n) is 16.7. The Labute approximate surface area is 170 Å². The van der Waals surface area contributed by atoms with Crippen molar-refractivity contribution in [1.82, 2.24) is 9.80 Å². The molecule has 2 aromatic rings. The Morgan fingerprint density at radius 3 is 2.62 bits per heavy atom. The number of piperidine rings is 1. The Morgan fingerprint density at radius 2 is 1.90 bits per heavy atom. The standard InChI is InChI=1S/C23H27F3N2O/c1-27(22(29)20-9-3-2-4-10-20)16-19-8-6-13-28(17-19)14-12-18-7-5-11-21(15-18)23(24,25)26/h2-5,7,9-11,15,19H,6,8,12-14,16-17H2,1H3/t19-/m1/s1. The Balaban J connectivity index is 1.51. The van der Waals surface area contributed by atoms with Gasteiger partial charge in [0.25, 0.3) is 5.91 Å². The summed E-state index contributed by atoms with van der Waals surface area (Å²) in [6, 6.07) is 14.8. The first kappa shape index (κ1) is 21.4. The van der Waals surface area contributed by atoms with Crippen LogP contribution in [0.5, 0.6) is 0 Å². The first-order valence-corrected chi connectivity index (χ1v) is 10.0. The van der Waals surface area contributed by atoms with Crippen molar-refractivity contribution in [2.75, 3.05) is 33.2 Å². The lowest BCUT2D eigenvalue weighted by Gasteiger charge is -2.34. The van der Waals surface area contributed by atoms with E-state index in [1.54, 1.807) is 11.0 Å². The topological polar surface area (TPSA) is 23.6 Å². The molecule has 0 aliphatic carbocycles. The summed E-state index contributed by atoms with van der Waals surface area (Å²) in [6.07, 6.45) is -1.61. The molecule has 1 saturated heterocycles. The third-order valence-corrected chi connectivity index (χ3v) is 5.47. The van der Waals surface area contributed by atoms with Crippen LogP contribution in [0.4, 0.5) is 13.2 Å². The summed E-state index contributed by atoms with van der Waals surface area (Å²) in [5, 5.41) is 0. The van der Waals surface area contributed by atoms with Gasteiger partial charge in [-0.05, 0) is 55.5 Å². The van der Waals surface area contributed by atoms with Crippen LogP contribution in [0.1, 0.15) is 34.3 Å². The molecule has 0 N–H and O–H groups in total. The van der Waals surface area contributed by atoms with Gasteiger partial charge in [-0.3, -0.25) is 4.79 Å². The molecule has 0 bridgehead atoms. The minimum Gasteiger partial charge on any atom is -0.341 e. The Bertz CT molecular complexity index is 807. The minimum absolute atomic E-state index is 0.0201. The molecule has 29 heavy (non-hydrogen) atoms. The van der Waals surface area contributed by atoms with Crippen molar-refractivity contribution in [3.8, 4) is 0 Å². The highest BCUT2D eigenvalue weighted by Gasteiger charge is 2.30. The summed E-state index contributed by atoms with van der Waals surface area (Å²) >= 11 is 0. The number of benzene rings is 2. The number of rotatable bonds is 6. The molecule has 1 aliphatic rings. The van der Waals surface area contributed by atoms with Crippen LogP contribution in [0.15, 0.2) is 54.6 Å². The predicted octanol–water partition coefficient (Wildman–Crippen LogP) is 4.73. The number of likely N-dealkylation sites (tertiary alicyclic amines) is 1. The van der Waals surface area contributed by atoms with Gasteiger partial charge in [-0.25, -0.2) is 0 Å². The van der Waals surface area contributed by atoms with E-state index in [0.717, 1.165) is 38.5 Å². The van der Waals surface area contributed by atoms with E-state index in [2.05, 4.69) is 4.90 Å². The molecule has 0 saturated carbocycles. The van der Waals surface area contributed by atoms with Gasteiger partial charge in [-0.1, -0.05) is 36.4 Å². The average Bonchev–Trinajstić information content (AvgIpc) is 2.72. The van der Waals surface area contributed by atoms with Crippen LogP contribution in [-0.4, -0.2) is 48.9 Å². The van der Waals surface area contributed by atoms with Gasteiger partial charge in [0.2, 0.25) is 0 Å². The number of nitrogens with zero attached hydrogens (tertiary/aromatic N) is 2. The van der Waals surface area contributed by atoms with Gasteiger partial charge in [0.15, 0.2) is 0 Å². The molecule has 0 aromatic heterocycles. The van der Waals surface area contributed by atoms with E-state index in [9.17, 15) is 18.0 Å². The summed E-state index contributed by atoms with van der Waals surface area (Å²) in [6.45, 7) is 3.24. The number of carbonyl (C=O) groups excluding carboxylic acids is 1. The fourth-order valence-electron chi connectivity index (χ4n) is 3.97. The molecule has 1 fully saturated rings. The lowest BCUT2D eigenvalue weighted by Crippen LogP contribution is -2.42. The van der Waals surface area contributed by atoms with Crippen molar-refractivity contribution >= 4 is 5.91 Å². The summed E-state index contributed by atoms with van der Waals surface area (Å²) in [7, 11) is 1.83. The van der Waals surface area contributed by atoms with Gasteiger partial charge >= 0.3 is 6.18 Å². The Hall–Kier alpha value is -2.34. The van der Waals surface area contributed by atoms with Crippen LogP contribution < -0.4 is 0 Å². The highest BCUT2D eigenvalue weighted by atomic mass is 19.4. The molecule has 1 heterocycles. The molecule has 3 rings (SSSR count). The number of hydrogen-bond acceptors (Lipinski definition) is 2. The Morgan fingerprint density at radius 1 is 1.14 bits per heavy atom. The number of alkyl halides is 3. The van der Waals surface area contributed by atoms with Crippen LogP contribution >= 0.6 is 0 Å². The number of carbonyl (C=O) groups is 1. The number of amides is 1. The van der Waals surface area contributed by atoms with Crippen molar-refractivity contribution in [2.45, 2.75) is 25.4 Å². The van der Waals surface area contributed by atoms with Crippen molar-refractivity contribution in [3.05, 3.63) is 71.3 Å². The van der Waals surface area contributed by atoms with Crippen LogP contribution in [0.2, 0.25) is 0 Å². The molecule has 2 aromatic carbocycles. The SMILES string of the molecule is CN(C[C@H]1CCCN(CCc2cccc(C(F)(F)F)c2)C1)C(=O)c1ccccc1. The fourth-order valence-corrected chi connectivity index (χ4v) is 3.97. The van der Waals surface area contributed by atoms with Crippen molar-refractivity contribution < 1.29 is 18.0 Å². The predicted molar refractivity (Wildman–Crippen MR) is 108 cm³/mol. The number of hydrogen-bond donors (Lipinski definition) is 0. The second-order valence-electron chi connectivity index (χ2n) is 7.81. The largest absolute Gasteiger partial charge is 0.416 e. The van der Waals surface area contributed by atoms with Crippen molar-refractivity contribution in [3.63, 3.8) is 0 Å². The van der Waals surface area contributed by atoms with E-state index in [4.69, 9.17) is 0 Å². The molecule has 0 spiro atoms. The lowest BCUT2D eigenvalue weighted by atomic mass is 9.96. The quantitative estimate of drug-likeness (QED) is 0.695. The van der Waals surface area contributed by atoms with E-state index < -0.39 is 11.7 Å². The van der Waals surface area contributed by atoms with Gasteiger partial charge in [0.1, 0.15) is 0 Å². The smallest absolute Gasteiger partial charge is 0.341 e. The maximum absolute atomic E-state index is 12.9. The zero-order valence-corrected chi connectivity index (χ0v) is 16.7. The van der Waals surface area contributed by atoms with Gasteiger partial charge in [0.05, 0.1) is 5.56 Å². The van der Waals surface area contributed by atoms with Gasteiger partial charge in [-0.15, -0.1) is 0 Å². The molecule has 0 radical (unpaired) electrons. The molecule has 1 aliphatic heterocycles. The lowest BCUT2D eigenvalue weighted by molar-refractivity contribution is -0.137. The van der Waals surface area contributed by atoms with E-state index in [0.29, 0.717) is 30.0 Å². The van der Waals surface area contributed by atoms with E-state index in [-0.39, 0.29) is 5.91 Å². The molecule has 156 valence electrons. The zero-order chi connectivity index (χ0) is 20.9. The molecule has 0 unspecified atom stereocenters. The minimum atomic E-state index is -4.30. The Kier molecular flexibility index (Phi) is 6.96. The van der Waals surface area contributed by atoms with Crippen LogP contribution in [0.3, 0.4) is 0 Å². The normalized spacial score (nSPS) is 17.9. The maximum Gasteiger partial charge on any atom is 0.416 e. The van der Waals surface area contributed by atoms with E-state index in [1.165, 1.54) is 12.1 Å².